The zero-order chi connectivity index (χ0) is 10.8. The van der Waals surface area contributed by atoms with Gasteiger partial charge in [0, 0.05) is 6.42 Å². The molecule has 0 aliphatic carbocycles. The number of aliphatic imine (C=N–C) groups is 1. The van der Waals surface area contributed by atoms with Crippen LogP contribution in [-0.2, 0) is 11.2 Å². The van der Waals surface area contributed by atoms with Crippen molar-refractivity contribution in [2.45, 2.75) is 12.8 Å². The fourth-order valence-electron chi connectivity index (χ4n) is 1.61. The lowest BCUT2D eigenvalue weighted by atomic mass is 10.0. The van der Waals surface area contributed by atoms with E-state index >= 15 is 0 Å². The number of nitrogens with zero attached hydrogens (tertiary/aromatic N) is 1. The van der Waals surface area contributed by atoms with Crippen LogP contribution in [0.5, 0.6) is 0 Å². The molecule has 15 heavy (non-hydrogen) atoms. The number of carbonyl (C=O) groups is 1. The first-order chi connectivity index (χ1) is 7.20. The molecule has 1 aliphatic heterocycles. The van der Waals surface area contributed by atoms with Crippen molar-refractivity contribution in [1.82, 2.24) is 0 Å². The van der Waals surface area contributed by atoms with Crippen molar-refractivity contribution in [2.75, 3.05) is 7.11 Å². The summed E-state index contributed by atoms with van der Waals surface area (Å²) in [5, 5.41) is 8.82. The van der Waals surface area contributed by atoms with Gasteiger partial charge in [0.1, 0.15) is 0 Å². The molecule has 0 saturated heterocycles. The van der Waals surface area contributed by atoms with Crippen LogP contribution in [0.25, 0.3) is 0 Å². The maximum absolute atomic E-state index is 10.7. The second kappa shape index (κ2) is 3.73. The topological polar surface area (TPSA) is 58.9 Å². The number of aromatic carboxylic acids is 1. The Labute approximate surface area is 87.2 Å². The van der Waals surface area contributed by atoms with Gasteiger partial charge in [-0.05, 0) is 30.2 Å². The van der Waals surface area contributed by atoms with Crippen molar-refractivity contribution in [3.63, 3.8) is 0 Å². The highest BCUT2D eigenvalue weighted by atomic mass is 16.5. The molecule has 0 fully saturated rings. The molecule has 0 amide bonds. The van der Waals surface area contributed by atoms with Crippen molar-refractivity contribution in [3.8, 4) is 0 Å². The average molecular weight is 205 g/mol. The highest BCUT2D eigenvalue weighted by Gasteiger charge is 2.14. The molecule has 0 spiro atoms. The Morgan fingerprint density at radius 3 is 2.93 bits per heavy atom. The lowest BCUT2D eigenvalue weighted by molar-refractivity contribution is 0.0697. The summed E-state index contributed by atoms with van der Waals surface area (Å²) >= 11 is 0. The van der Waals surface area contributed by atoms with Crippen LogP contribution in [0.3, 0.4) is 0 Å². The van der Waals surface area contributed by atoms with Gasteiger partial charge in [-0.2, -0.15) is 0 Å². The van der Waals surface area contributed by atoms with Crippen LogP contribution in [-0.4, -0.2) is 24.1 Å². The van der Waals surface area contributed by atoms with Crippen LogP contribution in [0.2, 0.25) is 0 Å². The van der Waals surface area contributed by atoms with Crippen LogP contribution in [0.15, 0.2) is 23.2 Å². The lowest BCUT2D eigenvalue weighted by Crippen LogP contribution is -2.08. The molecule has 0 radical (unpaired) electrons. The summed E-state index contributed by atoms with van der Waals surface area (Å²) in [6.45, 7) is 0. The number of benzene rings is 1. The Balaban J connectivity index is 2.41. The fraction of sp³-hybridized carbons (Fsp3) is 0.273. The summed E-state index contributed by atoms with van der Waals surface area (Å²) < 4.78 is 5.06. The number of carboxylic acid groups (broad SMARTS) is 1. The van der Waals surface area contributed by atoms with E-state index in [4.69, 9.17) is 9.84 Å². The molecule has 78 valence electrons. The molecule has 1 aromatic rings. The average Bonchev–Trinajstić information content (AvgIpc) is 2.27. The summed E-state index contributed by atoms with van der Waals surface area (Å²) in [4.78, 5) is 15.0. The fourth-order valence-corrected chi connectivity index (χ4v) is 1.61. The van der Waals surface area contributed by atoms with E-state index in [0.29, 0.717) is 11.5 Å². The summed E-state index contributed by atoms with van der Waals surface area (Å²) in [6.07, 6.45) is 1.51. The van der Waals surface area contributed by atoms with E-state index in [0.717, 1.165) is 24.1 Å². The molecule has 1 aromatic carbocycles. The second-order valence-corrected chi connectivity index (χ2v) is 3.36. The van der Waals surface area contributed by atoms with Crippen molar-refractivity contribution >= 4 is 17.6 Å². The van der Waals surface area contributed by atoms with E-state index in [1.165, 1.54) is 0 Å². The molecular weight excluding hydrogens is 194 g/mol. The Kier molecular flexibility index (Phi) is 2.41. The van der Waals surface area contributed by atoms with Gasteiger partial charge in [0.05, 0.1) is 18.4 Å². The van der Waals surface area contributed by atoms with Crippen LogP contribution >= 0.6 is 0 Å². The van der Waals surface area contributed by atoms with Gasteiger partial charge in [-0.3, -0.25) is 0 Å². The van der Waals surface area contributed by atoms with E-state index in [9.17, 15) is 4.79 Å². The van der Waals surface area contributed by atoms with Crippen molar-refractivity contribution in [1.29, 1.82) is 0 Å². The van der Waals surface area contributed by atoms with E-state index in [2.05, 4.69) is 4.99 Å². The van der Waals surface area contributed by atoms with Gasteiger partial charge in [0.15, 0.2) is 5.90 Å². The maximum atomic E-state index is 10.7. The minimum atomic E-state index is -0.903. The first kappa shape index (κ1) is 9.71. The molecule has 4 nitrogen and oxygen atoms in total. The van der Waals surface area contributed by atoms with Crippen molar-refractivity contribution in [3.05, 3.63) is 29.3 Å². The molecule has 0 unspecified atom stereocenters. The predicted molar refractivity (Wildman–Crippen MR) is 55.8 cm³/mol. The zero-order valence-electron chi connectivity index (χ0n) is 8.36. The minimum Gasteiger partial charge on any atom is -0.484 e. The number of carboxylic acids is 1. The molecular formula is C11H11NO3. The number of hydrogen-bond acceptors (Lipinski definition) is 3. The minimum absolute atomic E-state index is 0.310. The van der Waals surface area contributed by atoms with Gasteiger partial charge in [0.25, 0.3) is 0 Å². The number of ether oxygens (including phenoxy) is 1. The van der Waals surface area contributed by atoms with Gasteiger partial charge in [-0.25, -0.2) is 9.79 Å². The second-order valence-electron chi connectivity index (χ2n) is 3.36. The monoisotopic (exact) mass is 205 g/mol. The molecule has 1 aliphatic rings. The Hall–Kier alpha value is -1.84. The maximum Gasteiger partial charge on any atom is 0.335 e. The van der Waals surface area contributed by atoms with Gasteiger partial charge in [-0.15, -0.1) is 0 Å². The SMILES string of the molecule is COC1=Nc2ccc(C(=O)O)cc2CC1. The number of fused-ring (bicyclic) bond motifs is 1. The van der Waals surface area contributed by atoms with Gasteiger partial charge in [0.2, 0.25) is 0 Å². The summed E-state index contributed by atoms with van der Waals surface area (Å²) in [6, 6.07) is 4.95. The lowest BCUT2D eigenvalue weighted by Gasteiger charge is -2.14. The Morgan fingerprint density at radius 2 is 2.27 bits per heavy atom. The van der Waals surface area contributed by atoms with E-state index < -0.39 is 5.97 Å². The number of hydrogen-bond donors (Lipinski definition) is 1. The third-order valence-electron chi connectivity index (χ3n) is 2.42. The van der Waals surface area contributed by atoms with Crippen LogP contribution in [0.1, 0.15) is 22.3 Å². The molecule has 0 saturated carbocycles. The van der Waals surface area contributed by atoms with Crippen molar-refractivity contribution in [2.24, 2.45) is 4.99 Å². The highest BCUT2D eigenvalue weighted by Crippen LogP contribution is 2.26. The highest BCUT2D eigenvalue weighted by molar-refractivity contribution is 5.89. The summed E-state index contributed by atoms with van der Waals surface area (Å²) in [7, 11) is 1.59. The largest absolute Gasteiger partial charge is 0.484 e. The Bertz CT molecular complexity index is 437. The molecule has 0 bridgehead atoms. The summed E-state index contributed by atoms with van der Waals surface area (Å²) in [5.74, 6) is -0.204. The van der Waals surface area contributed by atoms with Gasteiger partial charge < -0.3 is 9.84 Å². The molecule has 4 heteroatoms. The van der Waals surface area contributed by atoms with E-state index in [-0.39, 0.29) is 0 Å². The third kappa shape index (κ3) is 1.83. The molecule has 2 rings (SSSR count). The quantitative estimate of drug-likeness (QED) is 0.762. The van der Waals surface area contributed by atoms with Crippen molar-refractivity contribution < 1.29 is 14.6 Å². The van der Waals surface area contributed by atoms with Crippen LogP contribution < -0.4 is 0 Å². The molecule has 1 N–H and O–H groups in total. The smallest absolute Gasteiger partial charge is 0.335 e. The number of aryl methyl sites for hydroxylation is 1. The standard InChI is InChI=1S/C11H11NO3/c1-15-10-5-3-7-6-8(11(13)14)2-4-9(7)12-10/h2,4,6H,3,5H2,1H3,(H,13,14). The molecule has 1 heterocycles. The zero-order valence-corrected chi connectivity index (χ0v) is 8.36. The first-order valence-corrected chi connectivity index (χ1v) is 4.68. The number of methoxy groups -OCH3 is 1. The first-order valence-electron chi connectivity index (χ1n) is 4.68. The van der Waals surface area contributed by atoms with Crippen LogP contribution in [0.4, 0.5) is 5.69 Å². The normalized spacial score (nSPS) is 14.1. The van der Waals surface area contributed by atoms with E-state index in [1.54, 1.807) is 25.3 Å². The summed E-state index contributed by atoms with van der Waals surface area (Å²) in [5.41, 5.74) is 2.09. The third-order valence-corrected chi connectivity index (χ3v) is 2.42. The van der Waals surface area contributed by atoms with Gasteiger partial charge in [-0.1, -0.05) is 0 Å². The van der Waals surface area contributed by atoms with Gasteiger partial charge >= 0.3 is 5.97 Å². The predicted octanol–water partition coefficient (Wildman–Crippen LogP) is 2.01. The Morgan fingerprint density at radius 1 is 1.47 bits per heavy atom. The van der Waals surface area contributed by atoms with Crippen LogP contribution in [0, 0.1) is 0 Å². The number of rotatable bonds is 1. The molecule has 0 aromatic heterocycles. The van der Waals surface area contributed by atoms with E-state index in [1.807, 2.05) is 0 Å². The molecule has 0 atom stereocenters.